The number of carbonyl (C=O) groups excluding carboxylic acids is 2. The summed E-state index contributed by atoms with van der Waals surface area (Å²) in [6.07, 6.45) is -0.872. The highest BCUT2D eigenvalue weighted by atomic mass is 32.2. The van der Waals surface area contributed by atoms with Gasteiger partial charge in [0, 0.05) is 17.0 Å². The maximum atomic E-state index is 12.5. The molecule has 2 aromatic carbocycles. The number of para-hydroxylation sites is 1. The molecule has 0 radical (unpaired) electrons. The molecule has 0 saturated carbocycles. The van der Waals surface area contributed by atoms with Gasteiger partial charge in [0.2, 0.25) is 6.10 Å². The molecule has 27 heavy (non-hydrogen) atoms. The van der Waals surface area contributed by atoms with E-state index in [4.69, 9.17) is 9.47 Å². The lowest BCUT2D eigenvalue weighted by Crippen LogP contribution is -2.23. The molecular formula is C19H17F2NO4S. The first-order valence-corrected chi connectivity index (χ1v) is 9.13. The zero-order valence-electron chi connectivity index (χ0n) is 14.4. The molecule has 2 atom stereocenters. The number of hydrogen-bond acceptors (Lipinski definition) is 6. The van der Waals surface area contributed by atoms with Crippen molar-refractivity contribution in [2.75, 3.05) is 5.32 Å². The summed E-state index contributed by atoms with van der Waals surface area (Å²) in [7, 11) is 0. The normalized spacial score (nSPS) is 19.0. The van der Waals surface area contributed by atoms with Crippen LogP contribution in [0.4, 0.5) is 20.2 Å². The third-order valence-corrected chi connectivity index (χ3v) is 4.60. The number of hydrogen-bond donors (Lipinski definition) is 1. The fourth-order valence-electron chi connectivity index (χ4n) is 2.65. The molecular weight excluding hydrogens is 376 g/mol. The van der Waals surface area contributed by atoms with Crippen molar-refractivity contribution in [3.63, 3.8) is 0 Å². The van der Waals surface area contributed by atoms with Gasteiger partial charge in [-0.1, -0.05) is 23.9 Å². The van der Waals surface area contributed by atoms with Gasteiger partial charge in [0.1, 0.15) is 6.10 Å². The summed E-state index contributed by atoms with van der Waals surface area (Å²) in [6.45, 7) is 1.73. The molecule has 1 saturated heterocycles. The number of anilines is 2. The lowest BCUT2D eigenvalue weighted by molar-refractivity contribution is -0.147. The third-order valence-electron chi connectivity index (χ3n) is 3.88. The van der Waals surface area contributed by atoms with E-state index in [9.17, 15) is 18.4 Å². The lowest BCUT2D eigenvalue weighted by atomic mass is 10.1. The van der Waals surface area contributed by atoms with Crippen LogP contribution in [0.3, 0.4) is 0 Å². The van der Waals surface area contributed by atoms with Crippen molar-refractivity contribution in [3.8, 4) is 0 Å². The van der Waals surface area contributed by atoms with Crippen molar-refractivity contribution < 1.29 is 27.8 Å². The second kappa shape index (κ2) is 8.39. The van der Waals surface area contributed by atoms with Crippen molar-refractivity contribution in [1.29, 1.82) is 0 Å². The molecule has 0 aromatic heterocycles. The van der Waals surface area contributed by atoms with E-state index in [1.807, 2.05) is 0 Å². The Balaban J connectivity index is 1.72. The van der Waals surface area contributed by atoms with Crippen molar-refractivity contribution in [2.24, 2.45) is 0 Å². The van der Waals surface area contributed by atoms with Crippen LogP contribution in [0.15, 0.2) is 53.4 Å². The quantitative estimate of drug-likeness (QED) is 0.571. The average molecular weight is 393 g/mol. The standard InChI is InChI=1S/C19H17F2NO4S/c1-11-10-16(18(24)25-11)26-17(23)14-4-2-3-5-15(14)22-12-6-8-13(9-7-12)27-19(20)21/h2-9,11,16,19,22H,10H2,1H3/t11-,16-/m1/s1. The number of ether oxygens (including phenoxy) is 2. The Morgan fingerprint density at radius 3 is 2.56 bits per heavy atom. The van der Waals surface area contributed by atoms with Crippen molar-refractivity contribution in [1.82, 2.24) is 0 Å². The summed E-state index contributed by atoms with van der Waals surface area (Å²) in [4.78, 5) is 24.6. The van der Waals surface area contributed by atoms with Crippen LogP contribution in [0.5, 0.6) is 0 Å². The molecule has 142 valence electrons. The van der Waals surface area contributed by atoms with E-state index in [1.54, 1.807) is 55.5 Å². The van der Waals surface area contributed by atoms with Gasteiger partial charge in [-0.3, -0.25) is 0 Å². The second-order valence-electron chi connectivity index (χ2n) is 5.95. The van der Waals surface area contributed by atoms with Crippen LogP contribution >= 0.6 is 11.8 Å². The molecule has 2 aromatic rings. The maximum absolute atomic E-state index is 12.5. The Morgan fingerprint density at radius 1 is 1.22 bits per heavy atom. The maximum Gasteiger partial charge on any atom is 0.347 e. The predicted octanol–water partition coefficient (Wildman–Crippen LogP) is 4.61. The second-order valence-corrected chi connectivity index (χ2v) is 7.01. The summed E-state index contributed by atoms with van der Waals surface area (Å²) in [6, 6.07) is 13.1. The van der Waals surface area contributed by atoms with Gasteiger partial charge in [-0.25, -0.2) is 9.59 Å². The van der Waals surface area contributed by atoms with Crippen LogP contribution in [0.2, 0.25) is 0 Å². The molecule has 8 heteroatoms. The minimum absolute atomic E-state index is 0.260. The van der Waals surface area contributed by atoms with Gasteiger partial charge in [0.15, 0.2) is 0 Å². The third kappa shape index (κ3) is 4.97. The average Bonchev–Trinajstić information content (AvgIpc) is 2.93. The van der Waals surface area contributed by atoms with E-state index in [2.05, 4.69) is 5.32 Å². The molecule has 0 aliphatic carbocycles. The van der Waals surface area contributed by atoms with Crippen molar-refractivity contribution in [2.45, 2.75) is 36.2 Å². The fourth-order valence-corrected chi connectivity index (χ4v) is 3.15. The molecule has 1 N–H and O–H groups in total. The molecule has 0 unspecified atom stereocenters. The summed E-state index contributed by atoms with van der Waals surface area (Å²) < 4.78 is 35.1. The molecule has 0 bridgehead atoms. The van der Waals surface area contributed by atoms with Crippen molar-refractivity contribution >= 4 is 35.1 Å². The monoisotopic (exact) mass is 393 g/mol. The fraction of sp³-hybridized carbons (Fsp3) is 0.263. The van der Waals surface area contributed by atoms with Crippen LogP contribution in [0.25, 0.3) is 0 Å². The number of thioether (sulfide) groups is 1. The first-order valence-electron chi connectivity index (χ1n) is 8.25. The van der Waals surface area contributed by atoms with Crippen LogP contribution in [-0.4, -0.2) is 29.9 Å². The number of rotatable bonds is 6. The van der Waals surface area contributed by atoms with E-state index in [0.717, 1.165) is 0 Å². The Bertz CT molecular complexity index is 829. The molecule has 0 spiro atoms. The summed E-state index contributed by atoms with van der Waals surface area (Å²) in [5.74, 6) is -3.67. The van der Waals surface area contributed by atoms with E-state index in [-0.39, 0.29) is 11.7 Å². The van der Waals surface area contributed by atoms with Crippen LogP contribution < -0.4 is 5.32 Å². The van der Waals surface area contributed by atoms with Gasteiger partial charge in [-0.2, -0.15) is 8.78 Å². The number of carbonyl (C=O) groups is 2. The number of halogens is 2. The van der Waals surface area contributed by atoms with E-state index < -0.39 is 23.8 Å². The number of benzene rings is 2. The highest BCUT2D eigenvalue weighted by Crippen LogP contribution is 2.28. The number of esters is 2. The molecule has 1 heterocycles. The predicted molar refractivity (Wildman–Crippen MR) is 97.4 cm³/mol. The molecule has 5 nitrogen and oxygen atoms in total. The first kappa shape index (κ1) is 19.2. The highest BCUT2D eigenvalue weighted by Gasteiger charge is 2.35. The Labute approximate surface area is 159 Å². The molecule has 3 rings (SSSR count). The molecule has 1 fully saturated rings. The molecule has 0 amide bonds. The Kier molecular flexibility index (Phi) is 5.95. The van der Waals surface area contributed by atoms with Gasteiger partial charge in [-0.05, 0) is 43.3 Å². The van der Waals surface area contributed by atoms with E-state index in [0.29, 0.717) is 34.5 Å². The van der Waals surface area contributed by atoms with Gasteiger partial charge >= 0.3 is 11.9 Å². The van der Waals surface area contributed by atoms with Crippen LogP contribution in [-0.2, 0) is 14.3 Å². The highest BCUT2D eigenvalue weighted by molar-refractivity contribution is 7.99. The minimum Gasteiger partial charge on any atom is -0.460 e. The Morgan fingerprint density at radius 2 is 1.93 bits per heavy atom. The van der Waals surface area contributed by atoms with Gasteiger partial charge in [0.05, 0.1) is 11.3 Å². The van der Waals surface area contributed by atoms with Gasteiger partial charge < -0.3 is 14.8 Å². The molecule has 1 aliphatic heterocycles. The van der Waals surface area contributed by atoms with Crippen molar-refractivity contribution in [3.05, 3.63) is 54.1 Å². The minimum atomic E-state index is -2.48. The first-order chi connectivity index (χ1) is 12.9. The van der Waals surface area contributed by atoms with Gasteiger partial charge in [0.25, 0.3) is 5.76 Å². The lowest BCUT2D eigenvalue weighted by Gasteiger charge is -2.13. The van der Waals surface area contributed by atoms with Crippen LogP contribution in [0, 0.1) is 0 Å². The summed E-state index contributed by atoms with van der Waals surface area (Å²) >= 11 is 0.461. The zero-order valence-corrected chi connectivity index (χ0v) is 15.2. The topological polar surface area (TPSA) is 64.6 Å². The summed E-state index contributed by atoms with van der Waals surface area (Å²) in [5, 5.41) is 3.07. The van der Waals surface area contributed by atoms with Crippen LogP contribution in [0.1, 0.15) is 23.7 Å². The molecule has 1 aliphatic rings. The number of cyclic esters (lactones) is 1. The van der Waals surface area contributed by atoms with E-state index in [1.165, 1.54) is 0 Å². The largest absolute Gasteiger partial charge is 0.460 e. The van der Waals surface area contributed by atoms with Gasteiger partial charge in [-0.15, -0.1) is 0 Å². The SMILES string of the molecule is C[C@@H]1C[C@@H](OC(=O)c2ccccc2Nc2ccc(SC(F)F)cc2)C(=O)O1. The van der Waals surface area contributed by atoms with E-state index >= 15 is 0 Å². The summed E-state index contributed by atoms with van der Waals surface area (Å²) in [5.41, 5.74) is 1.37. The number of alkyl halides is 2. The number of nitrogens with one attached hydrogen (secondary N) is 1. The Hall–Kier alpha value is -2.61. The zero-order chi connectivity index (χ0) is 19.4. The smallest absolute Gasteiger partial charge is 0.347 e.